The SMILES string of the molecule is Cc1ccc(-c2ccc(PP)c(C)c2)cc1C. The minimum Gasteiger partial charge on any atom is -0.110 e. The van der Waals surface area contributed by atoms with Crippen molar-refractivity contribution in [2.24, 2.45) is 0 Å². The van der Waals surface area contributed by atoms with E-state index in [4.69, 9.17) is 0 Å². The van der Waals surface area contributed by atoms with E-state index in [1.54, 1.807) is 0 Å². The molecule has 0 saturated carbocycles. The molecule has 0 radical (unpaired) electrons. The van der Waals surface area contributed by atoms with Gasteiger partial charge in [0.1, 0.15) is 0 Å². The molecule has 0 N–H and O–H groups in total. The largest absolute Gasteiger partial charge is 0.110 e. The Morgan fingerprint density at radius 1 is 0.765 bits per heavy atom. The summed E-state index contributed by atoms with van der Waals surface area (Å²) in [7, 11) is 3.61. The van der Waals surface area contributed by atoms with Gasteiger partial charge < -0.3 is 0 Å². The van der Waals surface area contributed by atoms with Gasteiger partial charge in [0.15, 0.2) is 0 Å². The van der Waals surface area contributed by atoms with E-state index in [0.29, 0.717) is 0 Å². The monoisotopic (exact) mass is 260 g/mol. The highest BCUT2D eigenvalue weighted by molar-refractivity contribution is 8.06. The smallest absolute Gasteiger partial charge is 0.0181 e. The molecule has 17 heavy (non-hydrogen) atoms. The van der Waals surface area contributed by atoms with E-state index in [1.807, 2.05) is 0 Å². The first kappa shape index (κ1) is 12.7. The molecular formula is C15H18P2. The lowest BCUT2D eigenvalue weighted by Crippen LogP contribution is -1.97. The van der Waals surface area contributed by atoms with Gasteiger partial charge in [-0.05, 0) is 53.9 Å². The highest BCUT2D eigenvalue weighted by Gasteiger charge is 2.02. The summed E-state index contributed by atoms with van der Waals surface area (Å²) in [5.41, 5.74) is 6.73. The van der Waals surface area contributed by atoms with E-state index in [1.165, 1.54) is 33.1 Å². The topological polar surface area (TPSA) is 0 Å². The van der Waals surface area contributed by atoms with Crippen molar-refractivity contribution in [2.45, 2.75) is 20.8 Å². The van der Waals surface area contributed by atoms with Gasteiger partial charge in [0, 0.05) is 0 Å². The molecule has 0 nitrogen and oxygen atoms in total. The summed E-state index contributed by atoms with van der Waals surface area (Å²) < 4.78 is 0. The van der Waals surface area contributed by atoms with Gasteiger partial charge in [0.2, 0.25) is 0 Å². The molecule has 0 aliphatic heterocycles. The molecule has 0 fully saturated rings. The zero-order valence-electron chi connectivity index (χ0n) is 10.5. The Hall–Kier alpha value is -0.700. The van der Waals surface area contributed by atoms with Crippen molar-refractivity contribution in [3.8, 4) is 11.1 Å². The van der Waals surface area contributed by atoms with E-state index < -0.39 is 0 Å². The fraction of sp³-hybridized carbons (Fsp3) is 0.200. The lowest BCUT2D eigenvalue weighted by atomic mass is 9.99. The second-order valence-corrected chi connectivity index (χ2v) is 6.17. The molecule has 0 aliphatic carbocycles. The van der Waals surface area contributed by atoms with Crippen molar-refractivity contribution in [1.82, 2.24) is 0 Å². The molecule has 0 aromatic heterocycles. The molecule has 2 unspecified atom stereocenters. The molecule has 0 spiro atoms. The van der Waals surface area contributed by atoms with Crippen LogP contribution in [0.15, 0.2) is 36.4 Å². The van der Waals surface area contributed by atoms with Crippen LogP contribution in [0, 0.1) is 20.8 Å². The first-order valence-electron chi connectivity index (χ1n) is 5.76. The normalized spacial score (nSPS) is 11.3. The Kier molecular flexibility index (Phi) is 3.97. The third kappa shape index (κ3) is 2.76. The number of hydrogen-bond acceptors (Lipinski definition) is 0. The Morgan fingerprint density at radius 3 is 1.88 bits per heavy atom. The molecule has 0 bridgehead atoms. The van der Waals surface area contributed by atoms with E-state index in [9.17, 15) is 0 Å². The van der Waals surface area contributed by atoms with E-state index in [0.717, 1.165) is 8.27 Å². The molecule has 0 saturated heterocycles. The molecule has 2 atom stereocenters. The number of hydrogen-bond donors (Lipinski definition) is 0. The van der Waals surface area contributed by atoms with Gasteiger partial charge in [-0.25, -0.2) is 0 Å². The maximum Gasteiger partial charge on any atom is -0.0181 e. The van der Waals surface area contributed by atoms with Crippen molar-refractivity contribution in [1.29, 1.82) is 0 Å². The molecular weight excluding hydrogens is 242 g/mol. The van der Waals surface area contributed by atoms with Crippen LogP contribution in [-0.2, 0) is 0 Å². The van der Waals surface area contributed by atoms with Crippen LogP contribution in [0.3, 0.4) is 0 Å². The average molecular weight is 260 g/mol. The summed E-state index contributed by atoms with van der Waals surface area (Å²) >= 11 is 0. The Morgan fingerprint density at radius 2 is 1.35 bits per heavy atom. The van der Waals surface area contributed by atoms with Crippen molar-refractivity contribution in [3.63, 3.8) is 0 Å². The molecule has 2 aromatic carbocycles. The minimum atomic E-state index is 0.795. The van der Waals surface area contributed by atoms with E-state index >= 15 is 0 Å². The minimum absolute atomic E-state index is 0.795. The van der Waals surface area contributed by atoms with Crippen LogP contribution in [-0.4, -0.2) is 0 Å². The van der Waals surface area contributed by atoms with Gasteiger partial charge in [0.05, 0.1) is 0 Å². The molecule has 0 aliphatic rings. The maximum absolute atomic E-state index is 2.81. The zero-order valence-corrected chi connectivity index (χ0v) is 12.7. The number of aryl methyl sites for hydroxylation is 3. The summed E-state index contributed by atoms with van der Waals surface area (Å²) in [5, 5.41) is 1.43. The van der Waals surface area contributed by atoms with Gasteiger partial charge >= 0.3 is 0 Å². The predicted octanol–water partition coefficient (Wildman–Crippen LogP) is 4.37. The van der Waals surface area contributed by atoms with Gasteiger partial charge in [-0.1, -0.05) is 44.7 Å². The predicted molar refractivity (Wildman–Crippen MR) is 83.7 cm³/mol. The fourth-order valence-electron chi connectivity index (χ4n) is 1.93. The number of rotatable bonds is 2. The number of benzene rings is 2. The van der Waals surface area contributed by atoms with Gasteiger partial charge in [-0.3, -0.25) is 0 Å². The lowest BCUT2D eigenvalue weighted by molar-refractivity contribution is 1.34. The van der Waals surface area contributed by atoms with Crippen LogP contribution in [0.1, 0.15) is 16.7 Å². The molecule has 0 heterocycles. The van der Waals surface area contributed by atoms with Crippen LogP contribution in [0.5, 0.6) is 0 Å². The first-order chi connectivity index (χ1) is 8.11. The van der Waals surface area contributed by atoms with Gasteiger partial charge in [-0.15, -0.1) is 8.93 Å². The zero-order chi connectivity index (χ0) is 12.4. The van der Waals surface area contributed by atoms with Gasteiger partial charge in [-0.2, -0.15) is 0 Å². The summed E-state index contributed by atoms with van der Waals surface area (Å²) in [4.78, 5) is 0. The van der Waals surface area contributed by atoms with Crippen molar-refractivity contribution >= 4 is 22.5 Å². The third-order valence-corrected chi connectivity index (χ3v) is 5.03. The highest BCUT2D eigenvalue weighted by Crippen LogP contribution is 2.26. The van der Waals surface area contributed by atoms with Gasteiger partial charge in [0.25, 0.3) is 0 Å². The highest BCUT2D eigenvalue weighted by atomic mass is 32.0. The molecule has 88 valence electrons. The van der Waals surface area contributed by atoms with Crippen molar-refractivity contribution < 1.29 is 0 Å². The van der Waals surface area contributed by atoms with Crippen LogP contribution in [0.2, 0.25) is 0 Å². The second-order valence-electron chi connectivity index (χ2n) is 4.47. The molecule has 2 rings (SSSR count). The second kappa shape index (κ2) is 5.30. The van der Waals surface area contributed by atoms with Crippen LogP contribution >= 0.6 is 17.2 Å². The van der Waals surface area contributed by atoms with Crippen molar-refractivity contribution in [2.75, 3.05) is 0 Å². The molecule has 0 amide bonds. The van der Waals surface area contributed by atoms with E-state index in [-0.39, 0.29) is 0 Å². The van der Waals surface area contributed by atoms with E-state index in [2.05, 4.69) is 66.1 Å². The Bertz CT molecular complexity index is 545. The third-order valence-electron chi connectivity index (χ3n) is 3.22. The summed E-state index contributed by atoms with van der Waals surface area (Å²) in [6.07, 6.45) is 0. The van der Waals surface area contributed by atoms with Crippen LogP contribution < -0.4 is 5.30 Å². The average Bonchev–Trinajstić information content (AvgIpc) is 2.32. The van der Waals surface area contributed by atoms with Crippen molar-refractivity contribution in [3.05, 3.63) is 53.1 Å². The quantitative estimate of drug-likeness (QED) is 0.703. The standard InChI is InChI=1S/C15H18P2/c1-10-4-5-13(8-11(10)2)14-6-7-15(17-16)12(3)9-14/h4-9,17H,16H2,1-3H3. The first-order valence-corrected chi connectivity index (χ1v) is 8.57. The Balaban J connectivity index is 2.46. The maximum atomic E-state index is 2.81. The summed E-state index contributed by atoms with van der Waals surface area (Å²) in [6, 6.07) is 13.4. The lowest BCUT2D eigenvalue weighted by Gasteiger charge is -2.09. The fourth-order valence-corrected chi connectivity index (χ4v) is 3.38. The van der Waals surface area contributed by atoms with Crippen LogP contribution in [0.4, 0.5) is 0 Å². The summed E-state index contributed by atoms with van der Waals surface area (Å²) in [5.74, 6) is 0. The summed E-state index contributed by atoms with van der Waals surface area (Å²) in [6.45, 7) is 6.52. The molecule has 2 aromatic rings. The van der Waals surface area contributed by atoms with Crippen LogP contribution in [0.25, 0.3) is 11.1 Å². The Labute approximate surface area is 108 Å². The molecule has 2 heteroatoms.